The summed E-state index contributed by atoms with van der Waals surface area (Å²) in [5.74, 6) is -1.67. The van der Waals surface area contributed by atoms with Crippen LogP contribution in [0, 0.1) is 23.7 Å². The summed E-state index contributed by atoms with van der Waals surface area (Å²) in [6.45, 7) is 8.37. The maximum Gasteiger partial charge on any atom is 0.245 e. The molecule has 5 rings (SSSR count). The molecule has 2 bridgehead atoms. The van der Waals surface area contributed by atoms with Gasteiger partial charge in [-0.1, -0.05) is 45.0 Å². The third-order valence-electron chi connectivity index (χ3n) is 8.42. The third kappa shape index (κ3) is 3.93. The highest BCUT2D eigenvalue weighted by Gasteiger charge is 2.76. The molecule has 0 aliphatic carbocycles. The Kier molecular flexibility index (Phi) is 6.95. The zero-order valence-corrected chi connectivity index (χ0v) is 22.6. The maximum absolute atomic E-state index is 14.1. The zero-order chi connectivity index (χ0) is 26.5. The first-order valence-electron chi connectivity index (χ1n) is 13.2. The average molecular weight is 529 g/mol. The lowest BCUT2D eigenvalue weighted by Gasteiger charge is -2.40. The second-order valence-electron chi connectivity index (χ2n) is 10.9. The number of aliphatic hydroxyl groups is 1. The van der Waals surface area contributed by atoms with Crippen LogP contribution in [0.25, 0.3) is 11.0 Å². The van der Waals surface area contributed by atoms with Crippen LogP contribution >= 0.6 is 11.8 Å². The van der Waals surface area contributed by atoms with E-state index in [0.29, 0.717) is 6.54 Å². The van der Waals surface area contributed by atoms with Gasteiger partial charge in [0.05, 0.1) is 34.7 Å². The summed E-state index contributed by atoms with van der Waals surface area (Å²) in [7, 11) is 0. The van der Waals surface area contributed by atoms with Crippen LogP contribution < -0.4 is 10.6 Å². The summed E-state index contributed by atoms with van der Waals surface area (Å²) >= 11 is 1.64. The van der Waals surface area contributed by atoms with Crippen LogP contribution in [0.15, 0.2) is 24.3 Å². The van der Waals surface area contributed by atoms with Gasteiger partial charge >= 0.3 is 0 Å². The fraction of sp³-hybridized carbons (Fsp3) is 0.654. The Balaban J connectivity index is 1.50. The lowest BCUT2D eigenvalue weighted by molar-refractivity contribution is -0.143. The highest BCUT2D eigenvalue weighted by Crippen LogP contribution is 2.68. The lowest BCUT2D eigenvalue weighted by Crippen LogP contribution is -2.59. The molecule has 200 valence electrons. The number of amides is 3. The van der Waals surface area contributed by atoms with E-state index in [-0.39, 0.29) is 48.1 Å². The molecule has 3 saturated heterocycles. The Morgan fingerprint density at radius 2 is 2.00 bits per heavy atom. The number of rotatable bonds is 9. The number of carbonyl (C=O) groups excluding carboxylic acids is 3. The largest absolute Gasteiger partial charge is 0.394 e. The smallest absolute Gasteiger partial charge is 0.245 e. The first kappa shape index (κ1) is 26.0. The van der Waals surface area contributed by atoms with Crippen molar-refractivity contribution in [1.29, 1.82) is 0 Å². The highest BCUT2D eigenvalue weighted by atomic mass is 32.2. The molecule has 1 aromatic heterocycles. The van der Waals surface area contributed by atoms with Crippen LogP contribution in [0.3, 0.4) is 0 Å². The summed E-state index contributed by atoms with van der Waals surface area (Å²) in [4.78, 5) is 43.1. The Morgan fingerprint density at radius 1 is 1.24 bits per heavy atom. The molecule has 3 fully saturated rings. The molecule has 10 nitrogen and oxygen atoms in total. The predicted octanol–water partition coefficient (Wildman–Crippen LogP) is 1.39. The molecule has 0 saturated carbocycles. The number of likely N-dealkylation sites (tertiary alicyclic amines) is 1. The van der Waals surface area contributed by atoms with Crippen molar-refractivity contribution in [2.45, 2.75) is 69.3 Å². The van der Waals surface area contributed by atoms with Crippen molar-refractivity contribution >= 4 is 40.5 Å². The molecule has 3 unspecified atom stereocenters. The van der Waals surface area contributed by atoms with E-state index >= 15 is 0 Å². The van der Waals surface area contributed by atoms with Crippen LogP contribution in [0.4, 0.5) is 0 Å². The number of aromatic nitrogens is 3. The molecule has 3 aliphatic heterocycles. The van der Waals surface area contributed by atoms with Gasteiger partial charge in [0, 0.05) is 11.8 Å². The fourth-order valence-corrected chi connectivity index (χ4v) is 9.09. The van der Waals surface area contributed by atoms with Gasteiger partial charge in [-0.2, -0.15) is 0 Å². The number of fused-ring (bicyclic) bond motifs is 2. The number of nitrogens with zero attached hydrogens (tertiary/aromatic N) is 4. The third-order valence-corrected chi connectivity index (χ3v) is 10.5. The van der Waals surface area contributed by atoms with Crippen molar-refractivity contribution in [3.05, 3.63) is 24.3 Å². The molecule has 4 heterocycles. The van der Waals surface area contributed by atoms with Gasteiger partial charge in [-0.25, -0.2) is 4.68 Å². The normalized spacial score (nSPS) is 31.2. The molecule has 0 radical (unpaired) electrons. The molecule has 1 aromatic carbocycles. The Bertz CT molecular complexity index is 1200. The predicted molar refractivity (Wildman–Crippen MR) is 140 cm³/mol. The summed E-state index contributed by atoms with van der Waals surface area (Å²) in [5.41, 5.74) is 1.53. The molecule has 11 heteroatoms. The SMILES string of the molecule is CCCNC(=O)[C@@H]1[C@@H]2CC(C)C3(S2)C(C(=O)NCn2nnc4ccccc42)N([C@@H](CO)C(C)C)C(=O)[C@H]13. The van der Waals surface area contributed by atoms with Gasteiger partial charge in [-0.15, -0.1) is 16.9 Å². The van der Waals surface area contributed by atoms with Crippen molar-refractivity contribution in [2.75, 3.05) is 13.2 Å². The first-order chi connectivity index (χ1) is 17.8. The van der Waals surface area contributed by atoms with E-state index in [1.807, 2.05) is 45.0 Å². The minimum Gasteiger partial charge on any atom is -0.394 e. The van der Waals surface area contributed by atoms with Crippen molar-refractivity contribution in [1.82, 2.24) is 30.5 Å². The topological polar surface area (TPSA) is 129 Å². The second kappa shape index (κ2) is 9.90. The number of nitrogens with one attached hydrogen (secondary N) is 2. The highest BCUT2D eigenvalue weighted by molar-refractivity contribution is 8.02. The molecular formula is C26H36N6O4S. The van der Waals surface area contributed by atoms with Crippen molar-refractivity contribution in [3.8, 4) is 0 Å². The quantitative estimate of drug-likeness (QED) is 0.448. The fourth-order valence-electron chi connectivity index (χ4n) is 6.69. The van der Waals surface area contributed by atoms with Crippen molar-refractivity contribution < 1.29 is 19.5 Å². The number of benzene rings is 1. The van der Waals surface area contributed by atoms with Crippen LogP contribution in [0.2, 0.25) is 0 Å². The minimum atomic E-state index is -0.798. The van der Waals surface area contributed by atoms with Crippen LogP contribution in [-0.4, -0.2) is 78.0 Å². The van der Waals surface area contributed by atoms with Gasteiger partial charge in [0.1, 0.15) is 18.2 Å². The molecule has 3 amide bonds. The molecule has 2 aromatic rings. The molecule has 3 N–H and O–H groups in total. The van der Waals surface area contributed by atoms with Crippen LogP contribution in [0.5, 0.6) is 0 Å². The standard InChI is InChI=1S/C26H36N6O4S/c1-5-10-27-23(34)20-19-11-15(4)26(37-19)21(20)25(36)32(18(12-33)14(2)3)22(26)24(35)28-13-31-17-9-7-6-8-16(17)29-30-31/h6-9,14-15,18-22,33H,5,10-13H2,1-4H3,(H,27,34)(H,28,35)/t15?,18-,19-,20+,21-,22?,26?/m0/s1. The number of carbonyl (C=O) groups is 3. The summed E-state index contributed by atoms with van der Waals surface area (Å²) in [6.07, 6.45) is 1.58. The molecular weight excluding hydrogens is 492 g/mol. The van der Waals surface area contributed by atoms with Gasteiger partial charge in [0.15, 0.2) is 0 Å². The molecule has 1 spiro atoms. The van der Waals surface area contributed by atoms with Gasteiger partial charge in [-0.05, 0) is 36.8 Å². The number of aliphatic hydroxyl groups excluding tert-OH is 1. The lowest BCUT2D eigenvalue weighted by atomic mass is 9.66. The molecule has 3 aliphatic rings. The summed E-state index contributed by atoms with van der Waals surface area (Å²) < 4.78 is 0.895. The maximum atomic E-state index is 14.1. The average Bonchev–Trinajstić information content (AvgIpc) is 3.59. The number of hydrogen-bond donors (Lipinski definition) is 3. The summed E-state index contributed by atoms with van der Waals surface area (Å²) in [6, 6.07) is 6.19. The van der Waals surface area contributed by atoms with Crippen molar-refractivity contribution in [2.24, 2.45) is 23.7 Å². The van der Waals surface area contributed by atoms with E-state index in [0.717, 1.165) is 23.9 Å². The van der Waals surface area contributed by atoms with Gasteiger partial charge in [-0.3, -0.25) is 14.4 Å². The van der Waals surface area contributed by atoms with E-state index in [9.17, 15) is 19.5 Å². The number of thioether (sulfide) groups is 1. The second-order valence-corrected chi connectivity index (χ2v) is 12.4. The van der Waals surface area contributed by atoms with Crippen LogP contribution in [-0.2, 0) is 21.1 Å². The van der Waals surface area contributed by atoms with Gasteiger partial charge < -0.3 is 20.6 Å². The van der Waals surface area contributed by atoms with Crippen molar-refractivity contribution in [3.63, 3.8) is 0 Å². The summed E-state index contributed by atoms with van der Waals surface area (Å²) in [5, 5.41) is 24.7. The van der Waals surface area contributed by atoms with E-state index < -0.39 is 28.7 Å². The monoisotopic (exact) mass is 528 g/mol. The Labute approximate surface area is 220 Å². The van der Waals surface area contributed by atoms with E-state index in [1.165, 1.54) is 0 Å². The Morgan fingerprint density at radius 3 is 2.70 bits per heavy atom. The van der Waals surface area contributed by atoms with Gasteiger partial charge in [0.2, 0.25) is 17.7 Å². The number of para-hydroxylation sites is 1. The van der Waals surface area contributed by atoms with E-state index in [4.69, 9.17) is 0 Å². The van der Waals surface area contributed by atoms with Gasteiger partial charge in [0.25, 0.3) is 0 Å². The van der Waals surface area contributed by atoms with Crippen LogP contribution in [0.1, 0.15) is 40.5 Å². The van der Waals surface area contributed by atoms with E-state index in [2.05, 4.69) is 27.9 Å². The van der Waals surface area contributed by atoms with E-state index in [1.54, 1.807) is 21.3 Å². The Hall–Kier alpha value is -2.66. The minimum absolute atomic E-state index is 0.0101. The molecule has 7 atom stereocenters. The number of hydrogen-bond acceptors (Lipinski definition) is 7. The molecule has 37 heavy (non-hydrogen) atoms. The first-order valence-corrected chi connectivity index (χ1v) is 14.1. The zero-order valence-electron chi connectivity index (χ0n) is 21.8.